The monoisotopic (exact) mass is 413 g/mol. The molecule has 0 unspecified atom stereocenters. The molecule has 162 valence electrons. The van der Waals surface area contributed by atoms with Crippen LogP contribution in [-0.4, -0.2) is 65.6 Å². The molecule has 1 aliphatic rings. The quantitative estimate of drug-likeness (QED) is 0.721. The van der Waals surface area contributed by atoms with E-state index in [2.05, 4.69) is 59.2 Å². The fraction of sp³-hybridized carbons (Fsp3) is 0.522. The Labute approximate surface area is 178 Å². The van der Waals surface area contributed by atoms with Crippen molar-refractivity contribution < 1.29 is 9.18 Å². The van der Waals surface area contributed by atoms with Gasteiger partial charge in [0.2, 0.25) is 5.91 Å². The Balaban J connectivity index is 1.81. The van der Waals surface area contributed by atoms with Crippen molar-refractivity contribution in [3.05, 3.63) is 46.8 Å². The number of alkyl halides is 1. The fourth-order valence-corrected chi connectivity index (χ4v) is 3.47. The highest BCUT2D eigenvalue weighted by Gasteiger charge is 2.18. The Hall–Kier alpha value is -2.38. The Morgan fingerprint density at radius 1 is 1.17 bits per heavy atom. The number of piperazine rings is 1. The Kier molecular flexibility index (Phi) is 7.87. The van der Waals surface area contributed by atoms with Gasteiger partial charge in [0, 0.05) is 63.0 Å². The lowest BCUT2D eigenvalue weighted by atomic mass is 10.1. The first-order chi connectivity index (χ1) is 14.5. The first-order valence-corrected chi connectivity index (χ1v) is 10.6. The number of nitrogens with one attached hydrogen (secondary N) is 1. The summed E-state index contributed by atoms with van der Waals surface area (Å²) in [5.41, 5.74) is 5.30. The summed E-state index contributed by atoms with van der Waals surface area (Å²) >= 11 is 0. The van der Waals surface area contributed by atoms with Crippen molar-refractivity contribution in [3.8, 4) is 11.4 Å². The molecule has 1 amide bonds. The SMILES string of the molecule is Cc1ccc(-c2ncc(CNC(=O)CCCF)c(CN3CCN(C)CC3)n2)cc1C. The molecule has 7 heteroatoms. The third-order valence-corrected chi connectivity index (χ3v) is 5.70. The predicted octanol–water partition coefficient (Wildman–Crippen LogP) is 2.87. The number of aryl methyl sites for hydroxylation is 2. The zero-order chi connectivity index (χ0) is 21.5. The number of rotatable bonds is 8. The maximum absolute atomic E-state index is 12.3. The van der Waals surface area contributed by atoms with Gasteiger partial charge in [-0.05, 0) is 44.5 Å². The number of aromatic nitrogens is 2. The molecule has 1 aliphatic heterocycles. The van der Waals surface area contributed by atoms with E-state index in [-0.39, 0.29) is 18.7 Å². The number of nitrogens with zero attached hydrogens (tertiary/aromatic N) is 4. The molecule has 2 aromatic rings. The van der Waals surface area contributed by atoms with Gasteiger partial charge in [0.05, 0.1) is 12.4 Å². The first-order valence-electron chi connectivity index (χ1n) is 10.6. The summed E-state index contributed by atoms with van der Waals surface area (Å²) < 4.78 is 12.3. The summed E-state index contributed by atoms with van der Waals surface area (Å²) in [5.74, 6) is 0.561. The topological polar surface area (TPSA) is 61.4 Å². The molecule has 1 fully saturated rings. The van der Waals surface area contributed by atoms with Crippen LogP contribution in [0.25, 0.3) is 11.4 Å². The number of likely N-dealkylation sites (N-methyl/N-ethyl adjacent to an activating group) is 1. The summed E-state index contributed by atoms with van der Waals surface area (Å²) in [6, 6.07) is 6.26. The molecule has 1 aromatic carbocycles. The van der Waals surface area contributed by atoms with Crippen LogP contribution < -0.4 is 5.32 Å². The van der Waals surface area contributed by atoms with Crippen LogP contribution in [0.3, 0.4) is 0 Å². The van der Waals surface area contributed by atoms with E-state index in [0.717, 1.165) is 49.5 Å². The fourth-order valence-electron chi connectivity index (χ4n) is 3.47. The lowest BCUT2D eigenvalue weighted by Crippen LogP contribution is -2.44. The largest absolute Gasteiger partial charge is 0.352 e. The van der Waals surface area contributed by atoms with Crippen LogP contribution in [0.15, 0.2) is 24.4 Å². The number of amides is 1. The molecule has 0 bridgehead atoms. The van der Waals surface area contributed by atoms with Crippen molar-refractivity contribution in [1.29, 1.82) is 0 Å². The van der Waals surface area contributed by atoms with E-state index in [1.807, 2.05) is 6.20 Å². The van der Waals surface area contributed by atoms with Crippen molar-refractivity contribution in [3.63, 3.8) is 0 Å². The first kappa shape index (κ1) is 22.3. The Bertz CT molecular complexity index is 865. The smallest absolute Gasteiger partial charge is 0.220 e. The molecule has 1 saturated heterocycles. The average molecular weight is 414 g/mol. The molecule has 0 atom stereocenters. The van der Waals surface area contributed by atoms with Crippen LogP contribution in [0.1, 0.15) is 35.2 Å². The van der Waals surface area contributed by atoms with Gasteiger partial charge in [-0.25, -0.2) is 9.97 Å². The Morgan fingerprint density at radius 3 is 2.63 bits per heavy atom. The summed E-state index contributed by atoms with van der Waals surface area (Å²) in [6.45, 7) is 8.83. The van der Waals surface area contributed by atoms with Crippen LogP contribution in [0.4, 0.5) is 4.39 Å². The number of benzene rings is 1. The van der Waals surface area contributed by atoms with Crippen LogP contribution in [-0.2, 0) is 17.9 Å². The normalized spacial score (nSPS) is 15.3. The second-order valence-electron chi connectivity index (χ2n) is 8.11. The third-order valence-electron chi connectivity index (χ3n) is 5.70. The van der Waals surface area contributed by atoms with E-state index in [0.29, 0.717) is 12.4 Å². The van der Waals surface area contributed by atoms with Crippen molar-refractivity contribution in [2.45, 2.75) is 39.8 Å². The van der Waals surface area contributed by atoms with E-state index in [1.165, 1.54) is 11.1 Å². The highest BCUT2D eigenvalue weighted by Crippen LogP contribution is 2.21. The van der Waals surface area contributed by atoms with E-state index < -0.39 is 6.67 Å². The van der Waals surface area contributed by atoms with Crippen molar-refractivity contribution in [1.82, 2.24) is 25.1 Å². The molecular formula is C23H32FN5O. The van der Waals surface area contributed by atoms with Crippen LogP contribution >= 0.6 is 0 Å². The third kappa shape index (κ3) is 6.06. The number of halogens is 1. The van der Waals surface area contributed by atoms with Gasteiger partial charge < -0.3 is 10.2 Å². The molecule has 1 N–H and O–H groups in total. The van der Waals surface area contributed by atoms with Crippen molar-refractivity contribution in [2.75, 3.05) is 39.9 Å². The maximum atomic E-state index is 12.3. The van der Waals surface area contributed by atoms with E-state index >= 15 is 0 Å². The van der Waals surface area contributed by atoms with Gasteiger partial charge in [-0.15, -0.1) is 0 Å². The standard InChI is InChI=1S/C23H32FN5O/c1-17-6-7-19(13-18(17)2)23-26-15-20(14-25-22(30)5-4-8-24)21(27-23)16-29-11-9-28(3)10-12-29/h6-7,13,15H,4-5,8-12,14,16H2,1-3H3,(H,25,30). The van der Waals surface area contributed by atoms with E-state index in [1.54, 1.807) is 0 Å². The van der Waals surface area contributed by atoms with Crippen molar-refractivity contribution in [2.24, 2.45) is 0 Å². The molecular weight excluding hydrogens is 381 g/mol. The van der Waals surface area contributed by atoms with E-state index in [4.69, 9.17) is 4.98 Å². The van der Waals surface area contributed by atoms with Gasteiger partial charge in [-0.2, -0.15) is 0 Å². The molecule has 2 heterocycles. The number of hydrogen-bond donors (Lipinski definition) is 1. The molecule has 0 saturated carbocycles. The van der Waals surface area contributed by atoms with Gasteiger partial charge >= 0.3 is 0 Å². The second kappa shape index (κ2) is 10.6. The van der Waals surface area contributed by atoms with Gasteiger partial charge in [0.1, 0.15) is 0 Å². The van der Waals surface area contributed by atoms with Gasteiger partial charge in [0.25, 0.3) is 0 Å². The second-order valence-corrected chi connectivity index (χ2v) is 8.11. The minimum absolute atomic E-state index is 0.142. The van der Waals surface area contributed by atoms with Gasteiger partial charge in [-0.3, -0.25) is 14.1 Å². The molecule has 3 rings (SSSR count). The molecule has 1 aromatic heterocycles. The predicted molar refractivity (Wildman–Crippen MR) is 117 cm³/mol. The van der Waals surface area contributed by atoms with Crippen molar-refractivity contribution >= 4 is 5.91 Å². The number of carbonyl (C=O) groups is 1. The summed E-state index contributed by atoms with van der Waals surface area (Å²) in [7, 11) is 2.14. The van der Waals surface area contributed by atoms with Gasteiger partial charge in [-0.1, -0.05) is 12.1 Å². The summed E-state index contributed by atoms with van der Waals surface area (Å²) in [6.07, 6.45) is 2.27. The highest BCUT2D eigenvalue weighted by molar-refractivity contribution is 5.75. The number of hydrogen-bond acceptors (Lipinski definition) is 5. The Morgan fingerprint density at radius 2 is 1.93 bits per heavy atom. The maximum Gasteiger partial charge on any atom is 0.220 e. The zero-order valence-corrected chi connectivity index (χ0v) is 18.2. The molecule has 0 aliphatic carbocycles. The number of carbonyl (C=O) groups excluding carboxylic acids is 1. The van der Waals surface area contributed by atoms with Gasteiger partial charge in [0.15, 0.2) is 5.82 Å². The summed E-state index contributed by atoms with van der Waals surface area (Å²) in [4.78, 5) is 26.1. The lowest BCUT2D eigenvalue weighted by molar-refractivity contribution is -0.121. The lowest BCUT2D eigenvalue weighted by Gasteiger charge is -2.32. The minimum atomic E-state index is -0.476. The highest BCUT2D eigenvalue weighted by atomic mass is 19.1. The minimum Gasteiger partial charge on any atom is -0.352 e. The molecule has 0 spiro atoms. The van der Waals surface area contributed by atoms with E-state index in [9.17, 15) is 9.18 Å². The zero-order valence-electron chi connectivity index (χ0n) is 18.2. The summed E-state index contributed by atoms with van der Waals surface area (Å²) in [5, 5.41) is 2.88. The van der Waals surface area contributed by atoms with Crippen LogP contribution in [0, 0.1) is 13.8 Å². The van der Waals surface area contributed by atoms with Crippen LogP contribution in [0.2, 0.25) is 0 Å². The molecule has 0 radical (unpaired) electrons. The molecule has 30 heavy (non-hydrogen) atoms. The molecule has 6 nitrogen and oxygen atoms in total. The van der Waals surface area contributed by atoms with Crippen LogP contribution in [0.5, 0.6) is 0 Å². The average Bonchev–Trinajstić information content (AvgIpc) is 2.75.